The molecular weight excluding hydrogens is 186 g/mol. The molecule has 5 heavy (non-hydrogen) atoms. The van der Waals surface area contributed by atoms with E-state index >= 15 is 0 Å². The van der Waals surface area contributed by atoms with Gasteiger partial charge in [0.1, 0.15) is 0 Å². The molecule has 0 aliphatic carbocycles. The maximum absolute atomic E-state index is 4.93. The van der Waals surface area contributed by atoms with E-state index in [1.54, 1.807) is 6.92 Å². The molecule has 0 unspecified atom stereocenters. The molecule has 0 saturated heterocycles. The molecule has 0 N–H and O–H groups in total. The minimum atomic E-state index is -0.826. The zero-order valence-corrected chi connectivity index (χ0v) is 6.93. The van der Waals surface area contributed by atoms with Crippen LogP contribution in [0.2, 0.25) is 0 Å². The normalized spacial score (nSPS) is 4.00. The molecule has 0 saturated carbocycles. The van der Waals surface area contributed by atoms with Crippen LogP contribution in [0.3, 0.4) is 0 Å². The summed E-state index contributed by atoms with van der Waals surface area (Å²) in [7, 11) is 9.87. The minimum absolute atomic E-state index is 0.826. The average molecular weight is 191 g/mol. The van der Waals surface area contributed by atoms with Gasteiger partial charge in [-0.05, 0) is 0 Å². The third kappa shape index (κ3) is 30.6. The first kappa shape index (κ1) is 9.68. The Morgan fingerprint density at radius 3 is 1.40 bits per heavy atom. The first-order valence-corrected chi connectivity index (χ1v) is 7.42. The van der Waals surface area contributed by atoms with E-state index in [1.807, 2.05) is 0 Å². The fourth-order valence-corrected chi connectivity index (χ4v) is 0. The molecule has 1 radical (unpaired) electrons. The van der Waals surface area contributed by atoms with E-state index < -0.39 is 20.8 Å². The molecule has 0 rings (SSSR count). The summed E-state index contributed by atoms with van der Waals surface area (Å²) in [4.78, 5) is 0. The Morgan fingerprint density at radius 1 is 1.40 bits per heavy atom. The predicted molar refractivity (Wildman–Crippen MR) is 22.7 cm³/mol. The topological polar surface area (TPSA) is 0 Å². The second-order valence-corrected chi connectivity index (χ2v) is 3.80. The third-order valence-electron chi connectivity index (χ3n) is 0. The molecule has 0 aromatic carbocycles. The maximum atomic E-state index is 4.93. The molecule has 0 aliphatic heterocycles. The summed E-state index contributed by atoms with van der Waals surface area (Å²) in [6.45, 7) is 5.00. The molecule has 0 aromatic heterocycles. The van der Waals surface area contributed by atoms with Crippen LogP contribution in [0.4, 0.5) is 0 Å². The van der Waals surface area contributed by atoms with Crippen LogP contribution in [0.25, 0.3) is 0 Å². The van der Waals surface area contributed by atoms with E-state index in [9.17, 15) is 0 Å². The zero-order valence-electron chi connectivity index (χ0n) is 2.96. The molecule has 0 atom stereocenters. The van der Waals surface area contributed by atoms with Gasteiger partial charge in [0.05, 0.1) is 0 Å². The predicted octanol–water partition coefficient (Wildman–Crippen LogP) is 2.22. The Morgan fingerprint density at radius 2 is 1.40 bits per heavy atom. The second kappa shape index (κ2) is 17.9. The number of rotatable bonds is 0. The van der Waals surface area contributed by atoms with Crippen molar-refractivity contribution in [3.05, 3.63) is 6.92 Å². The van der Waals surface area contributed by atoms with Crippen molar-refractivity contribution in [1.82, 2.24) is 0 Å². The van der Waals surface area contributed by atoms with Crippen LogP contribution < -0.4 is 0 Å². The van der Waals surface area contributed by atoms with Crippen molar-refractivity contribution in [3.8, 4) is 0 Å². The molecule has 0 heterocycles. The van der Waals surface area contributed by atoms with Gasteiger partial charge < -0.3 is 0 Å². The molecule has 0 spiro atoms. The molecule has 3 heteroatoms. The van der Waals surface area contributed by atoms with Crippen LogP contribution in [0, 0.1) is 6.92 Å². The van der Waals surface area contributed by atoms with Gasteiger partial charge in [0.25, 0.3) is 0 Å². The Labute approximate surface area is 51.5 Å². The van der Waals surface area contributed by atoms with Crippen molar-refractivity contribution in [2.45, 2.75) is 6.92 Å². The van der Waals surface area contributed by atoms with Crippen molar-refractivity contribution in [3.63, 3.8) is 0 Å². The summed E-state index contributed by atoms with van der Waals surface area (Å²) in [5.41, 5.74) is 0. The quantitative estimate of drug-likeness (QED) is 0.550. The van der Waals surface area contributed by atoms with Crippen molar-refractivity contribution < 1.29 is 20.8 Å². The summed E-state index contributed by atoms with van der Waals surface area (Å²) in [6, 6.07) is 0. The van der Waals surface area contributed by atoms with Gasteiger partial charge in [0.15, 0.2) is 0 Å². The molecule has 0 amide bonds. The summed E-state index contributed by atoms with van der Waals surface area (Å²) in [5, 5.41) is 0. The third-order valence-corrected chi connectivity index (χ3v) is 0. The fraction of sp³-hybridized carbons (Fsp3) is 0.500. The number of halogens is 2. The van der Waals surface area contributed by atoms with Crippen molar-refractivity contribution in [2.75, 3.05) is 0 Å². The van der Waals surface area contributed by atoms with Gasteiger partial charge >= 0.3 is 37.9 Å². The van der Waals surface area contributed by atoms with Crippen LogP contribution in [0.5, 0.6) is 0 Å². The molecular formula is C2H5Cl2Zr. The summed E-state index contributed by atoms with van der Waals surface area (Å²) in [5.74, 6) is 0. The van der Waals surface area contributed by atoms with Gasteiger partial charge in [-0.1, -0.05) is 13.8 Å². The van der Waals surface area contributed by atoms with Gasteiger partial charge in [0.2, 0.25) is 0 Å². The number of hydrogen-bond acceptors (Lipinski definition) is 0. The molecule has 0 bridgehead atoms. The molecule has 0 aromatic rings. The Bertz CT molecular complexity index is 7.61. The zero-order chi connectivity index (χ0) is 4.71. The van der Waals surface area contributed by atoms with Gasteiger partial charge in [-0.15, -0.1) is 0 Å². The Balaban J connectivity index is 0. The van der Waals surface area contributed by atoms with E-state index in [0.717, 1.165) is 0 Å². The summed E-state index contributed by atoms with van der Waals surface area (Å²) < 4.78 is 0. The summed E-state index contributed by atoms with van der Waals surface area (Å²) >= 11 is -0.826. The summed E-state index contributed by atoms with van der Waals surface area (Å²) in [6.07, 6.45) is 0. The van der Waals surface area contributed by atoms with Crippen LogP contribution in [-0.4, -0.2) is 0 Å². The van der Waals surface area contributed by atoms with E-state index in [0.29, 0.717) is 0 Å². The average Bonchev–Trinajstić information content (AvgIpc) is 1.46. The fourth-order valence-electron chi connectivity index (χ4n) is 0. The van der Waals surface area contributed by atoms with E-state index in [4.69, 9.17) is 17.0 Å². The standard InChI is InChI=1S/C2H5.2ClH.Zr/c1-2;;;/h1H2,2H3;2*1H;/q;;;+2/p-2. The molecule has 0 aliphatic rings. The first-order chi connectivity index (χ1) is 2.41. The van der Waals surface area contributed by atoms with Crippen LogP contribution in [-0.2, 0) is 20.8 Å². The van der Waals surface area contributed by atoms with Crippen molar-refractivity contribution in [2.24, 2.45) is 0 Å². The van der Waals surface area contributed by atoms with Gasteiger partial charge in [-0.25, -0.2) is 0 Å². The first-order valence-electron chi connectivity index (χ1n) is 1.09. The van der Waals surface area contributed by atoms with Crippen LogP contribution in [0.1, 0.15) is 6.92 Å². The van der Waals surface area contributed by atoms with Gasteiger partial charge in [0, 0.05) is 0 Å². The molecule has 0 fully saturated rings. The number of hydrogen-bond donors (Lipinski definition) is 0. The Hall–Kier alpha value is 1.46. The molecule has 31 valence electrons. The van der Waals surface area contributed by atoms with Crippen LogP contribution >= 0.6 is 17.0 Å². The molecule has 0 nitrogen and oxygen atoms in total. The monoisotopic (exact) mass is 189 g/mol. The second-order valence-electron chi connectivity index (χ2n) is 0.0714. The Kier molecular flexibility index (Phi) is 34.7. The van der Waals surface area contributed by atoms with Crippen molar-refractivity contribution in [1.29, 1.82) is 0 Å². The van der Waals surface area contributed by atoms with Crippen molar-refractivity contribution >= 4 is 17.0 Å². The van der Waals surface area contributed by atoms with E-state index in [-0.39, 0.29) is 0 Å². The van der Waals surface area contributed by atoms with Crippen LogP contribution in [0.15, 0.2) is 0 Å². The van der Waals surface area contributed by atoms with Gasteiger partial charge in [-0.3, -0.25) is 0 Å². The SMILES string of the molecule is [CH2]C.[Cl][Zr][Cl]. The van der Waals surface area contributed by atoms with E-state index in [1.165, 1.54) is 0 Å². The van der Waals surface area contributed by atoms with E-state index in [2.05, 4.69) is 6.92 Å². The van der Waals surface area contributed by atoms with Gasteiger partial charge in [-0.2, -0.15) is 0 Å².